The van der Waals surface area contributed by atoms with Gasteiger partial charge in [0.25, 0.3) is 11.6 Å². The number of nitro benzene ring substituents is 1. The molecule has 0 N–H and O–H groups in total. The van der Waals surface area contributed by atoms with Gasteiger partial charge in [0.05, 0.1) is 10.5 Å². The fraction of sp³-hybridized carbons (Fsp3) is 0.0435. The van der Waals surface area contributed by atoms with Crippen LogP contribution >= 0.6 is 0 Å². The number of anilines is 1. The van der Waals surface area contributed by atoms with Crippen molar-refractivity contribution in [2.75, 3.05) is 4.90 Å². The van der Waals surface area contributed by atoms with E-state index in [4.69, 9.17) is 0 Å². The molecule has 0 saturated carbocycles. The molecular weight excluding hydrogens is 368 g/mol. The third-order valence-electron chi connectivity index (χ3n) is 4.76. The molecule has 0 bridgehead atoms. The summed E-state index contributed by atoms with van der Waals surface area (Å²) in [6, 6.07) is 23.2. The average Bonchev–Trinajstić information content (AvgIpc) is 3.00. The Bertz CT molecular complexity index is 1060. The zero-order valence-electron chi connectivity index (χ0n) is 15.3. The second-order valence-corrected chi connectivity index (χ2v) is 6.60. The van der Waals surface area contributed by atoms with Crippen LogP contribution in [0.25, 0.3) is 6.08 Å². The van der Waals surface area contributed by atoms with Gasteiger partial charge in [-0.25, -0.2) is 0 Å². The summed E-state index contributed by atoms with van der Waals surface area (Å²) in [5.41, 5.74) is 1.65. The standard InChI is InChI=1S/C23H16N2O4/c26-22-20(15-16-8-7-13-19(14-16)25(28)29)23(27)24(18-11-5-2-6-12-18)21(22)17-9-3-1-4-10-17/h1-15,21H/b20-15-. The lowest BCUT2D eigenvalue weighted by Crippen LogP contribution is -2.28. The van der Waals surface area contributed by atoms with Crippen molar-refractivity contribution in [2.24, 2.45) is 0 Å². The van der Waals surface area contributed by atoms with E-state index in [1.807, 2.05) is 36.4 Å². The normalized spacial score (nSPS) is 17.7. The molecular formula is C23H16N2O4. The number of nitrogens with zero attached hydrogens (tertiary/aromatic N) is 2. The number of benzene rings is 3. The van der Waals surface area contributed by atoms with E-state index in [9.17, 15) is 19.7 Å². The monoisotopic (exact) mass is 384 g/mol. The van der Waals surface area contributed by atoms with Crippen LogP contribution in [0.3, 0.4) is 0 Å². The molecule has 3 aromatic carbocycles. The summed E-state index contributed by atoms with van der Waals surface area (Å²) in [7, 11) is 0. The minimum Gasteiger partial charge on any atom is -0.293 e. The summed E-state index contributed by atoms with van der Waals surface area (Å²) in [4.78, 5) is 38.5. The molecule has 0 aliphatic carbocycles. The van der Waals surface area contributed by atoms with E-state index in [0.717, 1.165) is 0 Å². The van der Waals surface area contributed by atoms with Gasteiger partial charge in [-0.1, -0.05) is 60.7 Å². The highest BCUT2D eigenvalue weighted by Crippen LogP contribution is 2.37. The molecule has 4 rings (SSSR count). The Kier molecular flexibility index (Phi) is 4.75. The smallest absolute Gasteiger partial charge is 0.270 e. The second kappa shape index (κ2) is 7.52. The van der Waals surface area contributed by atoms with Crippen LogP contribution in [0.4, 0.5) is 11.4 Å². The second-order valence-electron chi connectivity index (χ2n) is 6.60. The number of hydrogen-bond acceptors (Lipinski definition) is 4. The third-order valence-corrected chi connectivity index (χ3v) is 4.76. The fourth-order valence-electron chi connectivity index (χ4n) is 3.44. The van der Waals surface area contributed by atoms with Crippen molar-refractivity contribution in [2.45, 2.75) is 6.04 Å². The van der Waals surface area contributed by atoms with Crippen LogP contribution in [0, 0.1) is 10.1 Å². The van der Waals surface area contributed by atoms with E-state index in [1.165, 1.54) is 29.2 Å². The highest BCUT2D eigenvalue weighted by molar-refractivity contribution is 6.35. The van der Waals surface area contributed by atoms with Gasteiger partial charge in [0.2, 0.25) is 0 Å². The lowest BCUT2D eigenvalue weighted by molar-refractivity contribution is -0.384. The summed E-state index contributed by atoms with van der Waals surface area (Å²) in [5, 5.41) is 11.0. The number of amides is 1. The van der Waals surface area contributed by atoms with Crippen LogP contribution in [0.1, 0.15) is 17.2 Å². The number of nitro groups is 1. The molecule has 1 saturated heterocycles. The molecule has 1 unspecified atom stereocenters. The highest BCUT2D eigenvalue weighted by Gasteiger charge is 2.44. The van der Waals surface area contributed by atoms with Crippen molar-refractivity contribution in [3.05, 3.63) is 112 Å². The van der Waals surface area contributed by atoms with E-state index in [0.29, 0.717) is 16.8 Å². The largest absolute Gasteiger partial charge is 0.293 e. The van der Waals surface area contributed by atoms with Crippen LogP contribution in [-0.2, 0) is 9.59 Å². The quantitative estimate of drug-likeness (QED) is 0.290. The van der Waals surface area contributed by atoms with Crippen LogP contribution < -0.4 is 4.90 Å². The first-order valence-corrected chi connectivity index (χ1v) is 9.00. The number of non-ortho nitro benzene ring substituents is 1. The van der Waals surface area contributed by atoms with Crippen LogP contribution in [0.15, 0.2) is 90.5 Å². The van der Waals surface area contributed by atoms with Gasteiger partial charge in [0.15, 0.2) is 5.78 Å². The molecule has 1 heterocycles. The zero-order chi connectivity index (χ0) is 20.4. The maximum absolute atomic E-state index is 13.3. The molecule has 29 heavy (non-hydrogen) atoms. The predicted molar refractivity (Wildman–Crippen MR) is 109 cm³/mol. The number of rotatable bonds is 4. The molecule has 1 amide bonds. The van der Waals surface area contributed by atoms with Gasteiger partial charge < -0.3 is 0 Å². The van der Waals surface area contributed by atoms with E-state index >= 15 is 0 Å². The number of carbonyl (C=O) groups excluding carboxylic acids is 2. The zero-order valence-corrected chi connectivity index (χ0v) is 15.3. The molecule has 1 fully saturated rings. The molecule has 1 aliphatic heterocycles. The number of Topliss-reactive ketones (excluding diaryl/α,β-unsaturated/α-hetero) is 1. The van der Waals surface area contributed by atoms with Crippen molar-refractivity contribution in [3.63, 3.8) is 0 Å². The Morgan fingerprint density at radius 3 is 2.17 bits per heavy atom. The molecule has 3 aromatic rings. The summed E-state index contributed by atoms with van der Waals surface area (Å²) >= 11 is 0. The number of ketones is 1. The lowest BCUT2D eigenvalue weighted by atomic mass is 10.00. The van der Waals surface area contributed by atoms with Gasteiger partial charge in [0.1, 0.15) is 6.04 Å². The van der Waals surface area contributed by atoms with Gasteiger partial charge in [-0.05, 0) is 29.3 Å². The van der Waals surface area contributed by atoms with Gasteiger partial charge in [-0.3, -0.25) is 24.6 Å². The van der Waals surface area contributed by atoms with Gasteiger partial charge in [-0.15, -0.1) is 0 Å². The Balaban J connectivity index is 1.83. The van der Waals surface area contributed by atoms with Gasteiger partial charge in [0, 0.05) is 17.8 Å². The van der Waals surface area contributed by atoms with E-state index in [-0.39, 0.29) is 17.0 Å². The molecule has 0 aromatic heterocycles. The topological polar surface area (TPSA) is 80.5 Å². The first-order valence-electron chi connectivity index (χ1n) is 9.00. The molecule has 0 spiro atoms. The highest BCUT2D eigenvalue weighted by atomic mass is 16.6. The van der Waals surface area contributed by atoms with Crippen molar-refractivity contribution in [1.29, 1.82) is 0 Å². The Hall–Kier alpha value is -4.06. The molecule has 142 valence electrons. The Morgan fingerprint density at radius 2 is 1.52 bits per heavy atom. The fourth-order valence-corrected chi connectivity index (χ4v) is 3.44. The average molecular weight is 384 g/mol. The minimum atomic E-state index is -0.781. The van der Waals surface area contributed by atoms with Crippen molar-refractivity contribution in [1.82, 2.24) is 0 Å². The number of hydrogen-bond donors (Lipinski definition) is 0. The van der Waals surface area contributed by atoms with Crippen molar-refractivity contribution in [3.8, 4) is 0 Å². The molecule has 1 aliphatic rings. The predicted octanol–water partition coefficient (Wildman–Crippen LogP) is 4.34. The van der Waals surface area contributed by atoms with Gasteiger partial charge >= 0.3 is 0 Å². The third kappa shape index (κ3) is 3.43. The number of carbonyl (C=O) groups is 2. The summed E-state index contributed by atoms with van der Waals surface area (Å²) < 4.78 is 0. The molecule has 6 heteroatoms. The van der Waals surface area contributed by atoms with Crippen molar-refractivity contribution >= 4 is 29.1 Å². The lowest BCUT2D eigenvalue weighted by Gasteiger charge is -2.23. The summed E-state index contributed by atoms with van der Waals surface area (Å²) in [5.74, 6) is -0.766. The van der Waals surface area contributed by atoms with E-state index in [2.05, 4.69) is 0 Å². The Labute approximate surface area is 166 Å². The first-order chi connectivity index (χ1) is 14.1. The van der Waals surface area contributed by atoms with E-state index < -0.39 is 16.9 Å². The maximum atomic E-state index is 13.3. The van der Waals surface area contributed by atoms with Crippen molar-refractivity contribution < 1.29 is 14.5 Å². The maximum Gasteiger partial charge on any atom is 0.270 e. The van der Waals surface area contributed by atoms with Crippen LogP contribution in [0.5, 0.6) is 0 Å². The summed E-state index contributed by atoms with van der Waals surface area (Å²) in [6.45, 7) is 0. The Morgan fingerprint density at radius 1 is 0.862 bits per heavy atom. The SMILES string of the molecule is O=C1/C(=C/c2cccc([N+](=O)[O-])c2)C(=O)N(c2ccccc2)C1c1ccccc1. The molecule has 6 nitrogen and oxygen atoms in total. The molecule has 0 radical (unpaired) electrons. The molecule has 1 atom stereocenters. The first kappa shape index (κ1) is 18.3. The van der Waals surface area contributed by atoms with Crippen LogP contribution in [-0.4, -0.2) is 16.6 Å². The van der Waals surface area contributed by atoms with Gasteiger partial charge in [-0.2, -0.15) is 0 Å². The van der Waals surface area contributed by atoms with E-state index in [1.54, 1.807) is 30.3 Å². The van der Waals surface area contributed by atoms with Crippen LogP contribution in [0.2, 0.25) is 0 Å². The number of para-hydroxylation sites is 1. The minimum absolute atomic E-state index is 0.00297. The summed E-state index contributed by atoms with van der Waals surface area (Å²) in [6.07, 6.45) is 1.43.